The van der Waals surface area contributed by atoms with Gasteiger partial charge in [-0.05, 0) is 17.7 Å². The van der Waals surface area contributed by atoms with Gasteiger partial charge in [0.25, 0.3) is 0 Å². The second-order valence-electron chi connectivity index (χ2n) is 4.18. The van der Waals surface area contributed by atoms with Crippen molar-refractivity contribution < 1.29 is 14.3 Å². The Kier molecular flexibility index (Phi) is 4.11. The van der Waals surface area contributed by atoms with Crippen LogP contribution in [0.1, 0.15) is 11.3 Å². The highest BCUT2D eigenvalue weighted by atomic mass is 32.1. The number of carboxylic acid groups (broad SMARTS) is 1. The zero-order chi connectivity index (χ0) is 13.8. The number of anilines is 1. The van der Waals surface area contributed by atoms with Crippen molar-refractivity contribution in [3.8, 4) is 0 Å². The summed E-state index contributed by atoms with van der Waals surface area (Å²) in [6, 6.07) is 6.38. The lowest BCUT2D eigenvalue weighted by Crippen LogP contribution is -2.16. The maximum absolute atomic E-state index is 13.1. The Hall–Kier alpha value is -1.95. The van der Waals surface area contributed by atoms with Crippen LogP contribution in [0.15, 0.2) is 29.6 Å². The molecule has 0 bridgehead atoms. The Balaban J connectivity index is 2.05. The summed E-state index contributed by atoms with van der Waals surface area (Å²) in [4.78, 5) is 16.7. The third kappa shape index (κ3) is 3.75. The quantitative estimate of drug-likeness (QED) is 0.914. The van der Waals surface area contributed by atoms with Crippen LogP contribution in [-0.2, 0) is 17.8 Å². The number of halogens is 1. The minimum atomic E-state index is -0.898. The predicted octanol–water partition coefficient (Wildman–Crippen LogP) is 2.55. The second-order valence-corrected chi connectivity index (χ2v) is 5.01. The first kappa shape index (κ1) is 13.5. The van der Waals surface area contributed by atoms with Gasteiger partial charge >= 0.3 is 5.97 Å². The summed E-state index contributed by atoms with van der Waals surface area (Å²) in [5, 5.41) is 11.1. The lowest BCUT2D eigenvalue weighted by Gasteiger charge is -2.15. The minimum absolute atomic E-state index is 0.0791. The van der Waals surface area contributed by atoms with Crippen molar-refractivity contribution in [2.24, 2.45) is 0 Å². The molecule has 2 rings (SSSR count). The fraction of sp³-hybridized carbons (Fsp3) is 0.231. The van der Waals surface area contributed by atoms with Gasteiger partial charge in [0.1, 0.15) is 5.82 Å². The molecule has 0 unspecified atom stereocenters. The molecule has 1 heterocycles. The predicted molar refractivity (Wildman–Crippen MR) is 72.0 cm³/mol. The molecule has 0 fully saturated rings. The molecular weight excluding hydrogens is 267 g/mol. The molecular formula is C13H13FN2O2S. The Morgan fingerprint density at radius 1 is 1.53 bits per heavy atom. The average Bonchev–Trinajstić information content (AvgIpc) is 2.76. The zero-order valence-corrected chi connectivity index (χ0v) is 11.2. The van der Waals surface area contributed by atoms with Crippen LogP contribution < -0.4 is 4.90 Å². The van der Waals surface area contributed by atoms with Gasteiger partial charge in [0, 0.05) is 19.0 Å². The van der Waals surface area contributed by atoms with Gasteiger partial charge in [-0.1, -0.05) is 12.1 Å². The molecule has 6 heteroatoms. The average molecular weight is 280 g/mol. The normalized spacial score (nSPS) is 10.4. The maximum Gasteiger partial charge on any atom is 0.309 e. The Morgan fingerprint density at radius 2 is 2.32 bits per heavy atom. The summed E-state index contributed by atoms with van der Waals surface area (Å²) in [5.74, 6) is -1.17. The van der Waals surface area contributed by atoms with E-state index in [2.05, 4.69) is 4.98 Å². The number of benzene rings is 1. The van der Waals surface area contributed by atoms with Gasteiger partial charge in [-0.2, -0.15) is 0 Å². The molecule has 0 atom stereocenters. The van der Waals surface area contributed by atoms with Gasteiger partial charge in [-0.15, -0.1) is 11.3 Å². The standard InChI is InChI=1S/C13H13FN2O2S/c1-16(7-9-3-2-4-10(14)5-9)13-15-11(8-19-13)6-12(17)18/h2-5,8H,6-7H2,1H3,(H,17,18). The molecule has 1 aromatic carbocycles. The van der Waals surface area contributed by atoms with Crippen LogP contribution in [0.5, 0.6) is 0 Å². The number of nitrogens with zero attached hydrogens (tertiary/aromatic N) is 2. The number of aliphatic carboxylic acids is 1. The van der Waals surface area contributed by atoms with E-state index < -0.39 is 5.97 Å². The van der Waals surface area contributed by atoms with Crippen LogP contribution >= 0.6 is 11.3 Å². The summed E-state index contributed by atoms with van der Waals surface area (Å²) in [6.45, 7) is 0.526. The summed E-state index contributed by atoms with van der Waals surface area (Å²) < 4.78 is 13.1. The highest BCUT2D eigenvalue weighted by molar-refractivity contribution is 7.13. The molecule has 1 N–H and O–H groups in total. The molecule has 0 saturated carbocycles. The van der Waals surface area contributed by atoms with E-state index in [0.29, 0.717) is 12.2 Å². The number of aromatic nitrogens is 1. The van der Waals surface area contributed by atoms with E-state index in [1.165, 1.54) is 23.5 Å². The fourth-order valence-corrected chi connectivity index (χ4v) is 2.48. The van der Waals surface area contributed by atoms with E-state index in [1.54, 1.807) is 11.4 Å². The Morgan fingerprint density at radius 3 is 3.00 bits per heavy atom. The summed E-state index contributed by atoms with van der Waals surface area (Å²) in [5.41, 5.74) is 1.39. The van der Waals surface area contributed by atoms with Crippen LogP contribution in [0.2, 0.25) is 0 Å². The number of carbonyl (C=O) groups is 1. The smallest absolute Gasteiger partial charge is 0.309 e. The van der Waals surface area contributed by atoms with E-state index in [4.69, 9.17) is 5.11 Å². The molecule has 1 aromatic heterocycles. The second kappa shape index (κ2) is 5.79. The number of hydrogen-bond acceptors (Lipinski definition) is 4. The lowest BCUT2D eigenvalue weighted by atomic mass is 10.2. The van der Waals surface area contributed by atoms with E-state index >= 15 is 0 Å². The third-order valence-electron chi connectivity index (χ3n) is 2.51. The molecule has 19 heavy (non-hydrogen) atoms. The molecule has 0 radical (unpaired) electrons. The monoisotopic (exact) mass is 280 g/mol. The van der Waals surface area contributed by atoms with Crippen molar-refractivity contribution in [3.63, 3.8) is 0 Å². The van der Waals surface area contributed by atoms with Gasteiger partial charge in [0.05, 0.1) is 12.1 Å². The van der Waals surface area contributed by atoms with Crippen molar-refractivity contribution in [2.75, 3.05) is 11.9 Å². The van der Waals surface area contributed by atoms with Crippen LogP contribution in [0.25, 0.3) is 0 Å². The molecule has 0 amide bonds. The molecule has 4 nitrogen and oxygen atoms in total. The fourth-order valence-electron chi connectivity index (χ4n) is 1.68. The van der Waals surface area contributed by atoms with Gasteiger partial charge in [-0.25, -0.2) is 9.37 Å². The minimum Gasteiger partial charge on any atom is -0.481 e. The summed E-state index contributed by atoms with van der Waals surface area (Å²) in [6.07, 6.45) is -0.0791. The molecule has 0 saturated heterocycles. The highest BCUT2D eigenvalue weighted by Crippen LogP contribution is 2.21. The lowest BCUT2D eigenvalue weighted by molar-refractivity contribution is -0.136. The molecule has 0 aliphatic carbocycles. The first-order valence-corrected chi connectivity index (χ1v) is 6.54. The first-order chi connectivity index (χ1) is 9.04. The number of carboxylic acids is 1. The summed E-state index contributed by atoms with van der Waals surface area (Å²) in [7, 11) is 1.84. The van der Waals surface area contributed by atoms with Crippen molar-refractivity contribution in [1.29, 1.82) is 0 Å². The van der Waals surface area contributed by atoms with E-state index in [9.17, 15) is 9.18 Å². The number of thiazole rings is 1. The van der Waals surface area contributed by atoms with E-state index in [1.807, 2.05) is 18.0 Å². The molecule has 0 aliphatic heterocycles. The van der Waals surface area contributed by atoms with Crippen LogP contribution in [-0.4, -0.2) is 23.1 Å². The van der Waals surface area contributed by atoms with Crippen LogP contribution in [0.3, 0.4) is 0 Å². The van der Waals surface area contributed by atoms with E-state index in [0.717, 1.165) is 10.7 Å². The summed E-state index contributed by atoms with van der Waals surface area (Å²) >= 11 is 1.38. The van der Waals surface area contributed by atoms with Crippen molar-refractivity contribution in [2.45, 2.75) is 13.0 Å². The zero-order valence-electron chi connectivity index (χ0n) is 10.3. The van der Waals surface area contributed by atoms with Crippen LogP contribution in [0.4, 0.5) is 9.52 Å². The largest absolute Gasteiger partial charge is 0.481 e. The molecule has 100 valence electrons. The first-order valence-electron chi connectivity index (χ1n) is 5.66. The third-order valence-corrected chi connectivity index (χ3v) is 3.51. The van der Waals surface area contributed by atoms with E-state index in [-0.39, 0.29) is 12.2 Å². The molecule has 0 spiro atoms. The Labute approximate surface area is 114 Å². The van der Waals surface area contributed by atoms with Gasteiger partial charge < -0.3 is 10.0 Å². The topological polar surface area (TPSA) is 53.4 Å². The number of rotatable bonds is 5. The molecule has 0 aliphatic rings. The highest BCUT2D eigenvalue weighted by Gasteiger charge is 2.10. The van der Waals surface area contributed by atoms with Gasteiger partial charge in [-0.3, -0.25) is 4.79 Å². The van der Waals surface area contributed by atoms with Crippen molar-refractivity contribution in [1.82, 2.24) is 4.98 Å². The van der Waals surface area contributed by atoms with Gasteiger partial charge in [0.15, 0.2) is 5.13 Å². The van der Waals surface area contributed by atoms with Crippen molar-refractivity contribution >= 4 is 22.4 Å². The number of hydrogen-bond donors (Lipinski definition) is 1. The SMILES string of the molecule is CN(Cc1cccc(F)c1)c1nc(CC(=O)O)cs1. The Bertz CT molecular complexity index is 586. The maximum atomic E-state index is 13.1. The van der Waals surface area contributed by atoms with Gasteiger partial charge in [0.2, 0.25) is 0 Å². The van der Waals surface area contributed by atoms with Crippen molar-refractivity contribution in [3.05, 3.63) is 46.7 Å². The van der Waals surface area contributed by atoms with Crippen LogP contribution in [0, 0.1) is 5.82 Å². The molecule has 2 aromatic rings.